The average Bonchev–Trinajstić information content (AvgIpc) is 2.64. The minimum atomic E-state index is -0.168. The summed E-state index contributed by atoms with van der Waals surface area (Å²) in [5.74, 6) is -0.168. The lowest BCUT2D eigenvalue weighted by atomic mass is 10.1. The Morgan fingerprint density at radius 1 is 1.19 bits per heavy atom. The molecule has 0 saturated carbocycles. The van der Waals surface area contributed by atoms with Crippen molar-refractivity contribution < 1.29 is 9.53 Å². The standard InChI is InChI=1S/C18H30N4O2.C2H6/c1-5-24-18(23)12-14(2)20-17-13-15(6-7-16(17)19-3)22-10-8-21(4)9-11-22;1-2/h6-7,13-14,19-20H,5,8-12H2,1-4H3;1-2H3. The predicted octanol–water partition coefficient (Wildman–Crippen LogP) is 3.26. The molecule has 148 valence electrons. The lowest BCUT2D eigenvalue weighted by Gasteiger charge is -2.34. The van der Waals surface area contributed by atoms with E-state index in [-0.39, 0.29) is 12.0 Å². The molecule has 1 fully saturated rings. The summed E-state index contributed by atoms with van der Waals surface area (Å²) < 4.78 is 5.03. The first-order valence-corrected chi connectivity index (χ1v) is 9.71. The molecule has 2 rings (SSSR count). The summed E-state index contributed by atoms with van der Waals surface area (Å²) in [5, 5.41) is 6.65. The van der Waals surface area contributed by atoms with Crippen LogP contribution in [0.3, 0.4) is 0 Å². The Morgan fingerprint density at radius 2 is 1.85 bits per heavy atom. The Morgan fingerprint density at radius 3 is 2.42 bits per heavy atom. The Hall–Kier alpha value is -1.95. The molecule has 6 nitrogen and oxygen atoms in total. The molecule has 1 saturated heterocycles. The van der Waals surface area contributed by atoms with Gasteiger partial charge in [-0.3, -0.25) is 4.79 Å². The molecule has 1 aliphatic rings. The number of rotatable bonds is 7. The lowest BCUT2D eigenvalue weighted by molar-refractivity contribution is -0.143. The number of carbonyl (C=O) groups excluding carboxylic acids is 1. The number of likely N-dealkylation sites (N-methyl/N-ethyl adjacent to an activating group) is 1. The van der Waals surface area contributed by atoms with Crippen LogP contribution in [0.2, 0.25) is 0 Å². The van der Waals surface area contributed by atoms with E-state index in [0.717, 1.165) is 37.6 Å². The zero-order chi connectivity index (χ0) is 19.5. The fourth-order valence-corrected chi connectivity index (χ4v) is 2.92. The van der Waals surface area contributed by atoms with Crippen molar-refractivity contribution >= 4 is 23.0 Å². The van der Waals surface area contributed by atoms with E-state index in [9.17, 15) is 4.79 Å². The summed E-state index contributed by atoms with van der Waals surface area (Å²) in [6.45, 7) is 12.5. The van der Waals surface area contributed by atoms with Crippen molar-refractivity contribution in [3.8, 4) is 0 Å². The monoisotopic (exact) mass is 364 g/mol. The molecule has 0 bridgehead atoms. The van der Waals surface area contributed by atoms with Gasteiger partial charge in [0, 0.05) is 45.0 Å². The number of hydrogen-bond acceptors (Lipinski definition) is 6. The van der Waals surface area contributed by atoms with Crippen molar-refractivity contribution in [1.29, 1.82) is 0 Å². The highest BCUT2D eigenvalue weighted by Gasteiger charge is 2.17. The van der Waals surface area contributed by atoms with Crippen molar-refractivity contribution in [2.24, 2.45) is 0 Å². The van der Waals surface area contributed by atoms with Gasteiger partial charge < -0.3 is 25.2 Å². The molecule has 0 spiro atoms. The molecular weight excluding hydrogens is 328 g/mol. The van der Waals surface area contributed by atoms with Crippen molar-refractivity contribution in [3.63, 3.8) is 0 Å². The average molecular weight is 365 g/mol. The summed E-state index contributed by atoms with van der Waals surface area (Å²) in [6.07, 6.45) is 0.357. The van der Waals surface area contributed by atoms with Crippen LogP contribution in [-0.2, 0) is 9.53 Å². The molecule has 0 radical (unpaired) electrons. The third-order valence-electron chi connectivity index (χ3n) is 4.32. The summed E-state index contributed by atoms with van der Waals surface area (Å²) in [4.78, 5) is 16.4. The fraction of sp³-hybridized carbons (Fsp3) is 0.650. The first-order chi connectivity index (χ1) is 12.5. The smallest absolute Gasteiger partial charge is 0.307 e. The molecule has 1 aliphatic heterocycles. The Kier molecular flexibility index (Phi) is 9.88. The highest BCUT2D eigenvalue weighted by molar-refractivity contribution is 5.76. The minimum absolute atomic E-state index is 0.0129. The SMILES string of the molecule is CC.CCOC(=O)CC(C)Nc1cc(N2CCN(C)CC2)ccc1NC. The van der Waals surface area contributed by atoms with Gasteiger partial charge in [-0.05, 0) is 39.1 Å². The second-order valence-corrected chi connectivity index (χ2v) is 6.32. The molecule has 1 aromatic carbocycles. The van der Waals surface area contributed by atoms with Gasteiger partial charge in [-0.25, -0.2) is 0 Å². The molecule has 1 unspecified atom stereocenters. The van der Waals surface area contributed by atoms with Gasteiger partial charge in [0.1, 0.15) is 0 Å². The Bertz CT molecular complexity index is 543. The molecule has 0 aromatic heterocycles. The normalized spacial score (nSPS) is 15.5. The van der Waals surface area contributed by atoms with Gasteiger partial charge in [0.15, 0.2) is 0 Å². The van der Waals surface area contributed by atoms with Gasteiger partial charge in [-0.2, -0.15) is 0 Å². The van der Waals surface area contributed by atoms with Gasteiger partial charge in [0.2, 0.25) is 0 Å². The van der Waals surface area contributed by atoms with Crippen LogP contribution in [0.25, 0.3) is 0 Å². The van der Waals surface area contributed by atoms with Gasteiger partial charge >= 0.3 is 5.97 Å². The van der Waals surface area contributed by atoms with E-state index in [4.69, 9.17) is 4.74 Å². The molecular formula is C20H36N4O2. The van der Waals surface area contributed by atoms with Gasteiger partial charge in [0.05, 0.1) is 24.4 Å². The zero-order valence-electron chi connectivity index (χ0n) is 17.3. The summed E-state index contributed by atoms with van der Waals surface area (Å²) in [5.41, 5.74) is 3.27. The Labute approximate surface area is 158 Å². The molecule has 1 heterocycles. The second kappa shape index (κ2) is 11.6. The first-order valence-electron chi connectivity index (χ1n) is 9.71. The van der Waals surface area contributed by atoms with Gasteiger partial charge in [0.25, 0.3) is 0 Å². The fourth-order valence-electron chi connectivity index (χ4n) is 2.92. The number of nitrogens with one attached hydrogen (secondary N) is 2. The number of ether oxygens (including phenoxy) is 1. The van der Waals surface area contributed by atoms with Crippen LogP contribution in [0.1, 0.15) is 34.1 Å². The number of benzene rings is 1. The quantitative estimate of drug-likeness (QED) is 0.724. The maximum absolute atomic E-state index is 11.7. The van der Waals surface area contributed by atoms with Crippen LogP contribution in [0.4, 0.5) is 17.1 Å². The first kappa shape index (κ1) is 22.1. The third kappa shape index (κ3) is 6.75. The molecule has 6 heteroatoms. The largest absolute Gasteiger partial charge is 0.466 e. The lowest BCUT2D eigenvalue weighted by Crippen LogP contribution is -2.44. The van der Waals surface area contributed by atoms with E-state index >= 15 is 0 Å². The summed E-state index contributed by atoms with van der Waals surface area (Å²) in [6, 6.07) is 6.42. The number of piperazine rings is 1. The van der Waals surface area contributed by atoms with E-state index < -0.39 is 0 Å². The third-order valence-corrected chi connectivity index (χ3v) is 4.32. The number of nitrogens with zero attached hydrogens (tertiary/aromatic N) is 2. The van der Waals surface area contributed by atoms with Crippen LogP contribution < -0.4 is 15.5 Å². The molecule has 26 heavy (non-hydrogen) atoms. The van der Waals surface area contributed by atoms with Crippen LogP contribution >= 0.6 is 0 Å². The molecule has 0 amide bonds. The van der Waals surface area contributed by atoms with Gasteiger partial charge in [-0.1, -0.05) is 13.8 Å². The van der Waals surface area contributed by atoms with Crippen molar-refractivity contribution in [2.45, 2.75) is 40.2 Å². The van der Waals surface area contributed by atoms with Crippen LogP contribution in [0, 0.1) is 0 Å². The number of carbonyl (C=O) groups is 1. The van der Waals surface area contributed by atoms with Crippen LogP contribution in [0.15, 0.2) is 18.2 Å². The topological polar surface area (TPSA) is 56.8 Å². The Balaban J connectivity index is 0.00000163. The van der Waals surface area contributed by atoms with Crippen molar-refractivity contribution in [1.82, 2.24) is 4.90 Å². The summed E-state index contributed by atoms with van der Waals surface area (Å²) >= 11 is 0. The number of anilines is 3. The predicted molar refractivity (Wildman–Crippen MR) is 111 cm³/mol. The van der Waals surface area contributed by atoms with E-state index in [0.29, 0.717) is 13.0 Å². The highest BCUT2D eigenvalue weighted by Crippen LogP contribution is 2.29. The van der Waals surface area contributed by atoms with E-state index in [2.05, 4.69) is 45.7 Å². The number of hydrogen-bond donors (Lipinski definition) is 2. The van der Waals surface area contributed by atoms with Crippen molar-refractivity contribution in [2.75, 3.05) is 62.4 Å². The number of esters is 1. The maximum Gasteiger partial charge on any atom is 0.307 e. The van der Waals surface area contributed by atoms with Crippen LogP contribution in [-0.4, -0.2) is 63.8 Å². The molecule has 2 N–H and O–H groups in total. The highest BCUT2D eigenvalue weighted by atomic mass is 16.5. The summed E-state index contributed by atoms with van der Waals surface area (Å²) in [7, 11) is 4.07. The zero-order valence-corrected chi connectivity index (χ0v) is 17.3. The molecule has 0 aliphatic carbocycles. The molecule has 1 atom stereocenters. The maximum atomic E-state index is 11.7. The van der Waals surface area contributed by atoms with Gasteiger partial charge in [-0.15, -0.1) is 0 Å². The minimum Gasteiger partial charge on any atom is -0.466 e. The van der Waals surface area contributed by atoms with E-state index in [1.165, 1.54) is 5.69 Å². The van der Waals surface area contributed by atoms with Crippen LogP contribution in [0.5, 0.6) is 0 Å². The second-order valence-electron chi connectivity index (χ2n) is 6.32. The van der Waals surface area contributed by atoms with E-state index in [1.54, 1.807) is 0 Å². The van der Waals surface area contributed by atoms with E-state index in [1.807, 2.05) is 34.7 Å². The molecule has 1 aromatic rings. The van der Waals surface area contributed by atoms with Crippen molar-refractivity contribution in [3.05, 3.63) is 18.2 Å².